The summed E-state index contributed by atoms with van der Waals surface area (Å²) in [6, 6.07) is 0. The molecule has 0 amide bonds. The van der Waals surface area contributed by atoms with Crippen LogP contribution in [0.1, 0.15) is 65.2 Å². The molecule has 0 aromatic rings. The van der Waals surface area contributed by atoms with E-state index >= 15 is 0 Å². The average molecular weight is 425 g/mol. The lowest BCUT2D eigenvalue weighted by molar-refractivity contribution is -0.164. The van der Waals surface area contributed by atoms with E-state index in [2.05, 4.69) is 43.4 Å². The van der Waals surface area contributed by atoms with Gasteiger partial charge in [0.15, 0.2) is 0 Å². The number of aliphatic hydroxyl groups is 1. The van der Waals surface area contributed by atoms with Crippen LogP contribution in [0.5, 0.6) is 0 Å². The molecule has 6 atom stereocenters. The zero-order valence-corrected chi connectivity index (χ0v) is 19.2. The van der Waals surface area contributed by atoms with E-state index in [0.717, 1.165) is 44.9 Å². The normalized spacial score (nSPS) is 44.2. The predicted molar refractivity (Wildman–Crippen MR) is 118 cm³/mol. The van der Waals surface area contributed by atoms with E-state index in [1.807, 2.05) is 0 Å². The Morgan fingerprint density at radius 3 is 2.71 bits per heavy atom. The van der Waals surface area contributed by atoms with E-state index < -0.39 is 0 Å². The monoisotopic (exact) mass is 424 g/mol. The van der Waals surface area contributed by atoms with Crippen LogP contribution in [-0.2, 0) is 9.53 Å². The molecule has 1 saturated heterocycles. The first-order chi connectivity index (χ1) is 13.4. The van der Waals surface area contributed by atoms with Crippen molar-refractivity contribution in [2.45, 2.75) is 75.9 Å². The van der Waals surface area contributed by atoms with E-state index in [4.69, 9.17) is 4.74 Å². The van der Waals surface area contributed by atoms with Crippen molar-refractivity contribution in [2.24, 2.45) is 28.6 Å². The molecule has 0 radical (unpaired) electrons. The Labute approximate surface area is 178 Å². The molecule has 4 aliphatic rings. The van der Waals surface area contributed by atoms with E-state index in [9.17, 15) is 9.90 Å². The van der Waals surface area contributed by atoms with E-state index in [1.165, 1.54) is 23.5 Å². The maximum Gasteiger partial charge on any atom is 0.311 e. The Morgan fingerprint density at radius 2 is 2.00 bits per heavy atom. The van der Waals surface area contributed by atoms with E-state index in [-0.39, 0.29) is 22.9 Å². The molecule has 3 aliphatic carbocycles. The highest BCUT2D eigenvalue weighted by Gasteiger charge is 2.57. The smallest absolute Gasteiger partial charge is 0.311 e. The molecule has 1 N–H and O–H groups in total. The van der Waals surface area contributed by atoms with Crippen LogP contribution in [0, 0.1) is 28.6 Å². The molecular formula is C23H36O3S2. The quantitative estimate of drug-likeness (QED) is 0.494. The Hall–Kier alpha value is -0.130. The van der Waals surface area contributed by atoms with Crippen molar-refractivity contribution in [1.82, 2.24) is 0 Å². The van der Waals surface area contributed by atoms with Crippen LogP contribution in [0.15, 0.2) is 11.6 Å². The molecule has 0 bridgehead atoms. The predicted octanol–water partition coefficient (Wildman–Crippen LogP) is 5.28. The fourth-order valence-corrected chi connectivity index (χ4v) is 9.74. The fraction of sp³-hybridized carbons (Fsp3) is 0.870. The molecule has 3 fully saturated rings. The van der Waals surface area contributed by atoms with Crippen LogP contribution in [-0.4, -0.2) is 40.4 Å². The number of aliphatic hydroxyl groups excluding tert-OH is 1. The lowest BCUT2D eigenvalue weighted by atomic mass is 9.47. The second-order valence-corrected chi connectivity index (χ2v) is 12.8. The molecule has 1 heterocycles. The van der Waals surface area contributed by atoms with Gasteiger partial charge in [0.25, 0.3) is 0 Å². The van der Waals surface area contributed by atoms with Crippen LogP contribution in [0.2, 0.25) is 0 Å². The van der Waals surface area contributed by atoms with Gasteiger partial charge in [0.05, 0.1) is 23.2 Å². The standard InChI is InChI=1S/C23H36O3S2/c1-22-9-7-16(24)13-15(22)5-6-17-18(22)8-10-23(2,21(25)26-3)19(17)14-20-27-11-4-12-28-20/h5,16-20,24H,4,6-14H2,1-3H3. The number of fused-ring (bicyclic) bond motifs is 3. The van der Waals surface area contributed by atoms with Crippen molar-refractivity contribution in [3.63, 3.8) is 0 Å². The largest absolute Gasteiger partial charge is 0.469 e. The Kier molecular flexibility index (Phi) is 6.17. The summed E-state index contributed by atoms with van der Waals surface area (Å²) in [6.07, 6.45) is 10.7. The van der Waals surface area contributed by atoms with Gasteiger partial charge in [0, 0.05) is 0 Å². The van der Waals surface area contributed by atoms with Gasteiger partial charge >= 0.3 is 5.97 Å². The summed E-state index contributed by atoms with van der Waals surface area (Å²) in [6.45, 7) is 4.63. The van der Waals surface area contributed by atoms with Crippen molar-refractivity contribution >= 4 is 29.5 Å². The zero-order valence-electron chi connectivity index (χ0n) is 17.6. The number of carbonyl (C=O) groups is 1. The van der Waals surface area contributed by atoms with Gasteiger partial charge in [0.1, 0.15) is 0 Å². The summed E-state index contributed by atoms with van der Waals surface area (Å²) in [4.78, 5) is 12.9. The van der Waals surface area contributed by atoms with Crippen molar-refractivity contribution in [2.75, 3.05) is 18.6 Å². The Balaban J connectivity index is 1.65. The van der Waals surface area contributed by atoms with Crippen LogP contribution >= 0.6 is 23.5 Å². The van der Waals surface area contributed by atoms with Crippen LogP contribution < -0.4 is 0 Å². The first-order valence-corrected chi connectivity index (χ1v) is 13.2. The van der Waals surface area contributed by atoms with Crippen molar-refractivity contribution in [3.05, 3.63) is 11.6 Å². The van der Waals surface area contributed by atoms with Crippen molar-refractivity contribution in [1.29, 1.82) is 0 Å². The number of rotatable bonds is 3. The molecule has 3 nitrogen and oxygen atoms in total. The lowest BCUT2D eigenvalue weighted by Gasteiger charge is -2.58. The van der Waals surface area contributed by atoms with Gasteiger partial charge in [-0.05, 0) is 93.0 Å². The van der Waals surface area contributed by atoms with Crippen molar-refractivity contribution < 1.29 is 14.6 Å². The molecule has 0 spiro atoms. The number of carbonyl (C=O) groups excluding carboxylic acids is 1. The number of ether oxygens (including phenoxy) is 1. The highest BCUT2D eigenvalue weighted by Crippen LogP contribution is 2.62. The van der Waals surface area contributed by atoms with Gasteiger partial charge in [-0.15, -0.1) is 23.5 Å². The fourth-order valence-electron chi connectivity index (χ4n) is 6.76. The third-order valence-electron chi connectivity index (χ3n) is 8.46. The third-order valence-corrected chi connectivity index (χ3v) is 11.5. The molecule has 5 heteroatoms. The molecule has 28 heavy (non-hydrogen) atoms. The van der Waals surface area contributed by atoms with Gasteiger partial charge in [0.2, 0.25) is 0 Å². The second kappa shape index (κ2) is 8.19. The minimum absolute atomic E-state index is 0.000699. The third kappa shape index (κ3) is 3.58. The Morgan fingerprint density at radius 1 is 1.25 bits per heavy atom. The van der Waals surface area contributed by atoms with Crippen molar-refractivity contribution in [3.8, 4) is 0 Å². The second-order valence-electron chi connectivity index (χ2n) is 9.86. The molecule has 6 unspecified atom stereocenters. The highest BCUT2D eigenvalue weighted by atomic mass is 32.2. The first-order valence-electron chi connectivity index (χ1n) is 11.1. The molecule has 1 aliphatic heterocycles. The number of hydrogen-bond acceptors (Lipinski definition) is 5. The number of hydrogen-bond donors (Lipinski definition) is 1. The summed E-state index contributed by atoms with van der Waals surface area (Å²) in [5.41, 5.74) is 1.35. The SMILES string of the molecule is COC(=O)C1(C)CCC2C(CC=C3CC(O)CCC32C)C1CC1SCCCS1. The van der Waals surface area contributed by atoms with Gasteiger partial charge < -0.3 is 9.84 Å². The van der Waals surface area contributed by atoms with Gasteiger partial charge in [-0.25, -0.2) is 0 Å². The van der Waals surface area contributed by atoms with E-state index in [1.54, 1.807) is 7.11 Å². The molecule has 158 valence electrons. The number of thioether (sulfide) groups is 2. The summed E-state index contributed by atoms with van der Waals surface area (Å²) < 4.78 is 5.96. The van der Waals surface area contributed by atoms with Crippen LogP contribution in [0.4, 0.5) is 0 Å². The minimum atomic E-state index is -0.357. The molecular weight excluding hydrogens is 388 g/mol. The first kappa shape index (κ1) is 21.1. The molecule has 2 saturated carbocycles. The summed E-state index contributed by atoms with van der Waals surface area (Å²) in [7, 11) is 1.56. The van der Waals surface area contributed by atoms with Gasteiger partial charge in [-0.3, -0.25) is 4.79 Å². The molecule has 0 aromatic carbocycles. The van der Waals surface area contributed by atoms with Crippen LogP contribution in [0.25, 0.3) is 0 Å². The topological polar surface area (TPSA) is 46.5 Å². The van der Waals surface area contributed by atoms with Crippen LogP contribution in [0.3, 0.4) is 0 Å². The Bertz CT molecular complexity index is 629. The maximum absolute atomic E-state index is 12.9. The number of methoxy groups -OCH3 is 1. The van der Waals surface area contributed by atoms with Gasteiger partial charge in [-0.2, -0.15) is 0 Å². The highest BCUT2D eigenvalue weighted by molar-refractivity contribution is 8.17. The van der Waals surface area contributed by atoms with Gasteiger partial charge in [-0.1, -0.05) is 18.6 Å². The molecule has 0 aromatic heterocycles. The lowest BCUT2D eigenvalue weighted by Crippen LogP contribution is -2.53. The summed E-state index contributed by atoms with van der Waals surface area (Å²) >= 11 is 4.20. The van der Waals surface area contributed by atoms with E-state index in [0.29, 0.717) is 22.3 Å². The number of esters is 1. The maximum atomic E-state index is 12.9. The molecule has 4 rings (SSSR count). The summed E-state index contributed by atoms with van der Waals surface area (Å²) in [5.74, 6) is 4.11. The number of allylic oxidation sites excluding steroid dienone is 1. The average Bonchev–Trinajstić information content (AvgIpc) is 2.70. The zero-order chi connectivity index (χ0) is 19.9. The minimum Gasteiger partial charge on any atom is -0.469 e. The summed E-state index contributed by atoms with van der Waals surface area (Å²) in [5, 5.41) is 10.2.